The number of hydrogen-bond acceptors (Lipinski definition) is 2. The van der Waals surface area contributed by atoms with Gasteiger partial charge in [0.1, 0.15) is 0 Å². The highest BCUT2D eigenvalue weighted by Crippen LogP contribution is 2.35. The van der Waals surface area contributed by atoms with Crippen LogP contribution >= 0.6 is 0 Å². The lowest BCUT2D eigenvalue weighted by Crippen LogP contribution is -3.16. The van der Waals surface area contributed by atoms with E-state index in [9.17, 15) is 9.59 Å². The fourth-order valence-corrected chi connectivity index (χ4v) is 5.22. The summed E-state index contributed by atoms with van der Waals surface area (Å²) < 4.78 is 0. The fraction of sp³-hybridized carbons (Fsp3) is 0.636. The number of amides is 2. The molecule has 3 aliphatic rings. The predicted octanol–water partition coefficient (Wildman–Crippen LogP) is 1.21. The molecule has 3 fully saturated rings. The predicted molar refractivity (Wildman–Crippen MR) is 105 cm³/mol. The van der Waals surface area contributed by atoms with E-state index in [1.54, 1.807) is 0 Å². The Balaban J connectivity index is 1.29. The van der Waals surface area contributed by atoms with Crippen LogP contribution in [-0.2, 0) is 4.79 Å². The number of likely N-dealkylation sites (tertiary alicyclic amines) is 1. The third kappa shape index (κ3) is 4.18. The summed E-state index contributed by atoms with van der Waals surface area (Å²) in [7, 11) is 0. The maximum atomic E-state index is 13.0. The second-order valence-corrected chi connectivity index (χ2v) is 8.43. The molecule has 146 valence electrons. The molecule has 2 atom stereocenters. The van der Waals surface area contributed by atoms with E-state index in [2.05, 4.69) is 4.90 Å². The average Bonchev–Trinajstić information content (AvgIpc) is 2.74. The second kappa shape index (κ2) is 8.42. The van der Waals surface area contributed by atoms with Crippen molar-refractivity contribution in [1.82, 2.24) is 9.80 Å². The summed E-state index contributed by atoms with van der Waals surface area (Å²) in [6.07, 6.45) is 7.60. The third-order valence-electron chi connectivity index (χ3n) is 6.74. The van der Waals surface area contributed by atoms with Crippen LogP contribution in [0.2, 0.25) is 0 Å². The molecule has 2 amide bonds. The Morgan fingerprint density at radius 1 is 0.926 bits per heavy atom. The van der Waals surface area contributed by atoms with Crippen LogP contribution < -0.4 is 4.90 Å². The van der Waals surface area contributed by atoms with Crippen molar-refractivity contribution >= 4 is 11.8 Å². The number of nitrogens with zero attached hydrogens (tertiary/aromatic N) is 2. The molecule has 0 aromatic heterocycles. The molecule has 5 nitrogen and oxygen atoms in total. The summed E-state index contributed by atoms with van der Waals surface area (Å²) in [5, 5.41) is 0. The molecule has 1 aliphatic carbocycles. The summed E-state index contributed by atoms with van der Waals surface area (Å²) in [5.74, 6) is 1.19. The van der Waals surface area contributed by atoms with Crippen LogP contribution in [0.3, 0.4) is 0 Å². The number of carbonyl (C=O) groups excluding carboxylic acids is 2. The van der Waals surface area contributed by atoms with Gasteiger partial charge in [-0.1, -0.05) is 31.0 Å². The lowest BCUT2D eigenvalue weighted by Gasteiger charge is -2.44. The zero-order chi connectivity index (χ0) is 18.6. The molecule has 1 aromatic carbocycles. The van der Waals surface area contributed by atoms with Crippen molar-refractivity contribution in [1.29, 1.82) is 0 Å². The lowest BCUT2D eigenvalue weighted by atomic mass is 9.78. The van der Waals surface area contributed by atoms with E-state index >= 15 is 0 Å². The van der Waals surface area contributed by atoms with E-state index in [0.29, 0.717) is 18.5 Å². The molecule has 0 spiro atoms. The summed E-state index contributed by atoms with van der Waals surface area (Å²) in [4.78, 5) is 31.0. The molecule has 0 radical (unpaired) electrons. The van der Waals surface area contributed by atoms with Gasteiger partial charge in [-0.25, -0.2) is 0 Å². The van der Waals surface area contributed by atoms with Gasteiger partial charge in [-0.15, -0.1) is 0 Å². The van der Waals surface area contributed by atoms with E-state index in [1.807, 2.05) is 35.2 Å². The van der Waals surface area contributed by atoms with E-state index < -0.39 is 0 Å². The molecule has 1 N–H and O–H groups in total. The molecule has 2 heterocycles. The minimum atomic E-state index is 0.113. The van der Waals surface area contributed by atoms with Crippen molar-refractivity contribution < 1.29 is 14.5 Å². The maximum Gasteiger partial charge on any atom is 0.278 e. The molecule has 1 saturated carbocycles. The van der Waals surface area contributed by atoms with Crippen LogP contribution in [-0.4, -0.2) is 66.9 Å². The smallest absolute Gasteiger partial charge is 0.278 e. The number of hydrogen-bond donors (Lipinski definition) is 1. The number of piperidine rings is 1. The van der Waals surface area contributed by atoms with Gasteiger partial charge in [0.2, 0.25) is 0 Å². The Bertz CT molecular complexity index is 653. The maximum absolute atomic E-state index is 13.0. The summed E-state index contributed by atoms with van der Waals surface area (Å²) in [6, 6.07) is 10.0. The fourth-order valence-electron chi connectivity index (χ4n) is 5.22. The molecule has 4 rings (SSSR count). The van der Waals surface area contributed by atoms with Crippen LogP contribution in [0, 0.1) is 5.92 Å². The Morgan fingerprint density at radius 2 is 1.63 bits per heavy atom. The first-order valence-corrected chi connectivity index (χ1v) is 10.7. The van der Waals surface area contributed by atoms with Crippen LogP contribution in [0.4, 0.5) is 0 Å². The van der Waals surface area contributed by atoms with Crippen LogP contribution in [0.1, 0.15) is 48.9 Å². The molecule has 1 aromatic rings. The Kier molecular flexibility index (Phi) is 5.77. The molecule has 0 unspecified atom stereocenters. The molecular formula is C22H32N3O2+. The highest BCUT2D eigenvalue weighted by atomic mass is 16.2. The van der Waals surface area contributed by atoms with E-state index in [1.165, 1.54) is 43.4 Å². The molecule has 27 heavy (non-hydrogen) atoms. The molecule has 2 aliphatic heterocycles. The number of quaternary nitrogens is 1. The summed E-state index contributed by atoms with van der Waals surface area (Å²) in [6.45, 7) is 4.76. The van der Waals surface area contributed by atoms with Gasteiger partial charge in [0.15, 0.2) is 6.54 Å². The number of nitrogens with one attached hydrogen (secondary N) is 1. The minimum absolute atomic E-state index is 0.113. The lowest BCUT2D eigenvalue weighted by molar-refractivity contribution is -0.896. The first-order valence-electron chi connectivity index (χ1n) is 10.7. The normalized spacial score (nSPS) is 26.5. The monoisotopic (exact) mass is 370 g/mol. The van der Waals surface area contributed by atoms with Crippen molar-refractivity contribution in [2.45, 2.75) is 44.6 Å². The van der Waals surface area contributed by atoms with E-state index in [4.69, 9.17) is 0 Å². The highest BCUT2D eigenvalue weighted by Gasteiger charge is 2.37. The number of piperazine rings is 1. The van der Waals surface area contributed by atoms with Gasteiger partial charge >= 0.3 is 0 Å². The van der Waals surface area contributed by atoms with Gasteiger partial charge in [0, 0.05) is 18.2 Å². The summed E-state index contributed by atoms with van der Waals surface area (Å²) in [5.41, 5.74) is 0.758. The van der Waals surface area contributed by atoms with Gasteiger partial charge in [-0.3, -0.25) is 9.59 Å². The molecule has 5 heteroatoms. The van der Waals surface area contributed by atoms with Crippen molar-refractivity contribution in [3.63, 3.8) is 0 Å². The SMILES string of the molecule is O=C(c1ccccc1)N1CC[NH+](CC(=O)N2CCC[C@H]3CCCC[C@@H]32)CC1. The zero-order valence-corrected chi connectivity index (χ0v) is 16.2. The number of carbonyl (C=O) groups is 2. The average molecular weight is 371 g/mol. The Morgan fingerprint density at radius 3 is 2.41 bits per heavy atom. The minimum Gasteiger partial charge on any atom is -0.335 e. The van der Waals surface area contributed by atoms with Crippen molar-refractivity contribution in [3.8, 4) is 0 Å². The molecule has 2 saturated heterocycles. The van der Waals surface area contributed by atoms with Crippen LogP contribution in [0.15, 0.2) is 30.3 Å². The van der Waals surface area contributed by atoms with Gasteiger partial charge in [0.05, 0.1) is 26.2 Å². The first kappa shape index (κ1) is 18.5. The van der Waals surface area contributed by atoms with Crippen LogP contribution in [0.5, 0.6) is 0 Å². The van der Waals surface area contributed by atoms with Crippen molar-refractivity contribution in [2.75, 3.05) is 39.3 Å². The first-order chi connectivity index (χ1) is 13.2. The highest BCUT2D eigenvalue weighted by molar-refractivity contribution is 5.94. The van der Waals surface area contributed by atoms with Crippen molar-refractivity contribution in [3.05, 3.63) is 35.9 Å². The Hall–Kier alpha value is -1.88. The van der Waals surface area contributed by atoms with Gasteiger partial charge in [-0.2, -0.15) is 0 Å². The topological polar surface area (TPSA) is 45.1 Å². The Labute approximate surface area is 162 Å². The van der Waals surface area contributed by atoms with Gasteiger partial charge in [-0.05, 0) is 43.7 Å². The standard InChI is InChI=1S/C22H31N3O2/c26-21(25-12-6-10-18-7-4-5-11-20(18)25)17-23-13-15-24(16-14-23)22(27)19-8-2-1-3-9-19/h1-3,8-9,18,20H,4-7,10-17H2/p+1/t18-,20+/m1/s1. The third-order valence-corrected chi connectivity index (χ3v) is 6.74. The quantitative estimate of drug-likeness (QED) is 0.869. The molecule has 0 bridgehead atoms. The van der Waals surface area contributed by atoms with Crippen molar-refractivity contribution in [2.24, 2.45) is 5.92 Å². The number of fused-ring (bicyclic) bond motifs is 1. The second-order valence-electron chi connectivity index (χ2n) is 8.43. The van der Waals surface area contributed by atoms with Crippen LogP contribution in [0.25, 0.3) is 0 Å². The largest absolute Gasteiger partial charge is 0.335 e. The van der Waals surface area contributed by atoms with E-state index in [0.717, 1.165) is 44.2 Å². The number of benzene rings is 1. The molecular weight excluding hydrogens is 338 g/mol. The zero-order valence-electron chi connectivity index (χ0n) is 16.2. The summed E-state index contributed by atoms with van der Waals surface area (Å²) >= 11 is 0. The van der Waals surface area contributed by atoms with Gasteiger partial charge in [0.25, 0.3) is 11.8 Å². The number of rotatable bonds is 3. The van der Waals surface area contributed by atoms with Gasteiger partial charge < -0.3 is 14.7 Å². The van der Waals surface area contributed by atoms with E-state index in [-0.39, 0.29) is 5.91 Å².